The number of hydrogen-bond donors (Lipinski definition) is 2. The van der Waals surface area contributed by atoms with Crippen LogP contribution in [0.4, 0.5) is 4.39 Å². The Morgan fingerprint density at radius 1 is 1.08 bits per heavy atom. The van der Waals surface area contributed by atoms with Crippen molar-refractivity contribution < 1.29 is 23.8 Å². The van der Waals surface area contributed by atoms with Crippen molar-refractivity contribution in [3.8, 4) is 5.75 Å². The summed E-state index contributed by atoms with van der Waals surface area (Å²) < 4.78 is 18.9. The zero-order valence-electron chi connectivity index (χ0n) is 21.5. The minimum absolute atomic E-state index is 0.0405. The first-order chi connectivity index (χ1) is 18.3. The lowest BCUT2D eigenvalue weighted by molar-refractivity contribution is -0.139. The number of rotatable bonds is 7. The number of nitrogens with one attached hydrogen (secondary N) is 1. The number of carbonyl (C=O) groups excluding carboxylic acids is 2. The highest BCUT2D eigenvalue weighted by atomic mass is 19.1. The molecule has 3 aromatic carbocycles. The Morgan fingerprint density at radius 2 is 1.82 bits per heavy atom. The number of Topliss-reactive ketones (excluding diaryl/α,β-unsaturated/α-hetero) is 1. The minimum atomic E-state index is -0.795. The maximum atomic E-state index is 13.5. The van der Waals surface area contributed by atoms with Crippen molar-refractivity contribution in [1.29, 1.82) is 0 Å². The fraction of sp³-hybridized carbons (Fsp3) is 0.226. The third-order valence-electron chi connectivity index (χ3n) is 7.14. The van der Waals surface area contributed by atoms with Crippen LogP contribution >= 0.6 is 0 Å². The minimum Gasteiger partial charge on any atom is -0.507 e. The van der Waals surface area contributed by atoms with E-state index in [9.17, 15) is 19.1 Å². The highest BCUT2D eigenvalue weighted by Crippen LogP contribution is 2.42. The van der Waals surface area contributed by atoms with Crippen LogP contribution < -0.4 is 4.74 Å². The molecule has 6 nitrogen and oxygen atoms in total. The molecular weight excluding hydrogens is 483 g/mol. The largest absolute Gasteiger partial charge is 0.507 e. The lowest BCUT2D eigenvalue weighted by Crippen LogP contribution is -2.31. The number of halogens is 1. The number of aliphatic hydroxyl groups is 1. The molecule has 1 aliphatic heterocycles. The van der Waals surface area contributed by atoms with Crippen LogP contribution in [0.5, 0.6) is 5.75 Å². The van der Waals surface area contributed by atoms with Crippen molar-refractivity contribution in [3.63, 3.8) is 0 Å². The van der Waals surface area contributed by atoms with Crippen molar-refractivity contribution in [2.45, 2.75) is 32.2 Å². The quantitative estimate of drug-likeness (QED) is 0.178. The van der Waals surface area contributed by atoms with E-state index in [2.05, 4.69) is 4.98 Å². The average Bonchev–Trinajstić information content (AvgIpc) is 3.45. The van der Waals surface area contributed by atoms with Gasteiger partial charge in [-0.25, -0.2) is 4.39 Å². The summed E-state index contributed by atoms with van der Waals surface area (Å²) in [6.07, 6.45) is 2.21. The number of ketones is 1. The van der Waals surface area contributed by atoms with Gasteiger partial charge in [-0.1, -0.05) is 44.2 Å². The molecule has 5 rings (SSSR count). The fourth-order valence-corrected chi connectivity index (χ4v) is 5.14. The average molecular weight is 513 g/mol. The van der Waals surface area contributed by atoms with Gasteiger partial charge >= 0.3 is 0 Å². The number of amides is 1. The van der Waals surface area contributed by atoms with E-state index in [-0.39, 0.29) is 29.6 Å². The van der Waals surface area contributed by atoms with Crippen LogP contribution in [0.1, 0.15) is 48.1 Å². The van der Waals surface area contributed by atoms with Crippen molar-refractivity contribution >= 4 is 28.4 Å². The molecule has 0 radical (unpaired) electrons. The second-order valence-corrected chi connectivity index (χ2v) is 9.77. The molecule has 1 unspecified atom stereocenters. The standard InChI is InChI=1S/C31H29FN2O4/c1-18(2)23-16-20(10-13-26(23)38-3)29(35)27-28(24-17-33-25-7-5-4-6-22(24)25)34(31(37)30(27)36)15-14-19-8-11-21(32)12-9-19/h4-13,16-18,28,33,35H,14-15H2,1-3H3/b29-27+. The van der Waals surface area contributed by atoms with Crippen molar-refractivity contribution in [1.82, 2.24) is 9.88 Å². The van der Waals surface area contributed by atoms with Gasteiger partial charge in [-0.2, -0.15) is 0 Å². The Bertz CT molecular complexity index is 1550. The number of methoxy groups -OCH3 is 1. The lowest BCUT2D eigenvalue weighted by atomic mass is 9.93. The summed E-state index contributed by atoms with van der Waals surface area (Å²) in [5, 5.41) is 12.4. The van der Waals surface area contributed by atoms with Crippen LogP contribution in [-0.2, 0) is 16.0 Å². The zero-order chi connectivity index (χ0) is 27.0. The van der Waals surface area contributed by atoms with Gasteiger partial charge in [0.25, 0.3) is 11.7 Å². The van der Waals surface area contributed by atoms with Gasteiger partial charge in [0.2, 0.25) is 0 Å². The Labute approximate surface area is 220 Å². The topological polar surface area (TPSA) is 82.6 Å². The van der Waals surface area contributed by atoms with Gasteiger partial charge in [-0.05, 0) is 59.9 Å². The molecule has 7 heteroatoms. The Kier molecular flexibility index (Phi) is 6.76. The van der Waals surface area contributed by atoms with E-state index in [1.165, 1.54) is 17.0 Å². The van der Waals surface area contributed by atoms with E-state index >= 15 is 0 Å². The van der Waals surface area contributed by atoms with Gasteiger partial charge in [-0.15, -0.1) is 0 Å². The number of fused-ring (bicyclic) bond motifs is 1. The third-order valence-corrected chi connectivity index (χ3v) is 7.14. The number of ether oxygens (including phenoxy) is 1. The van der Waals surface area contributed by atoms with Crippen molar-refractivity contribution in [3.05, 3.63) is 107 Å². The number of likely N-dealkylation sites (tertiary alicyclic amines) is 1. The summed E-state index contributed by atoms with van der Waals surface area (Å²) in [5.41, 5.74) is 3.78. The third kappa shape index (κ3) is 4.45. The Morgan fingerprint density at radius 3 is 2.53 bits per heavy atom. The molecule has 4 aromatic rings. The van der Waals surface area contributed by atoms with Crippen LogP contribution in [0.2, 0.25) is 0 Å². The number of H-pyrrole nitrogens is 1. The first-order valence-electron chi connectivity index (χ1n) is 12.6. The van der Waals surface area contributed by atoms with Gasteiger partial charge in [-0.3, -0.25) is 9.59 Å². The number of aromatic amines is 1. The number of hydrogen-bond acceptors (Lipinski definition) is 4. The molecule has 1 saturated heterocycles. The molecule has 0 spiro atoms. The van der Waals surface area contributed by atoms with Gasteiger partial charge in [0.1, 0.15) is 17.3 Å². The molecule has 1 aliphatic rings. The number of aliphatic hydroxyl groups excluding tert-OH is 1. The molecule has 1 amide bonds. The molecule has 0 aliphatic carbocycles. The smallest absolute Gasteiger partial charge is 0.295 e. The van der Waals surface area contributed by atoms with E-state index in [0.29, 0.717) is 17.7 Å². The van der Waals surface area contributed by atoms with E-state index in [1.807, 2.05) is 38.1 Å². The zero-order valence-corrected chi connectivity index (χ0v) is 21.5. The molecule has 1 fully saturated rings. The van der Waals surface area contributed by atoms with Crippen LogP contribution in [0.3, 0.4) is 0 Å². The lowest BCUT2D eigenvalue weighted by Gasteiger charge is -2.25. The maximum absolute atomic E-state index is 13.5. The van der Waals surface area contributed by atoms with Crippen LogP contribution in [-0.4, -0.2) is 40.3 Å². The van der Waals surface area contributed by atoms with E-state index < -0.39 is 17.7 Å². The van der Waals surface area contributed by atoms with E-state index in [0.717, 1.165) is 27.6 Å². The molecule has 38 heavy (non-hydrogen) atoms. The van der Waals surface area contributed by atoms with E-state index in [1.54, 1.807) is 43.6 Å². The predicted octanol–water partition coefficient (Wildman–Crippen LogP) is 6.10. The van der Waals surface area contributed by atoms with Gasteiger partial charge in [0, 0.05) is 34.8 Å². The van der Waals surface area contributed by atoms with Gasteiger partial charge < -0.3 is 19.7 Å². The second kappa shape index (κ2) is 10.2. The normalized spacial score (nSPS) is 17.1. The molecule has 1 aromatic heterocycles. The fourth-order valence-electron chi connectivity index (χ4n) is 5.14. The number of para-hydroxylation sites is 1. The number of aromatic nitrogens is 1. The van der Waals surface area contributed by atoms with Gasteiger partial charge in [0.05, 0.1) is 18.7 Å². The number of carbonyl (C=O) groups is 2. The van der Waals surface area contributed by atoms with Crippen LogP contribution in [0, 0.1) is 5.82 Å². The number of benzene rings is 3. The number of nitrogens with zero attached hydrogens (tertiary/aromatic N) is 1. The maximum Gasteiger partial charge on any atom is 0.295 e. The van der Waals surface area contributed by atoms with Crippen LogP contribution in [0.15, 0.2) is 78.5 Å². The summed E-state index contributed by atoms with van der Waals surface area (Å²) in [6, 6.07) is 18.2. The SMILES string of the molecule is COc1ccc(/C(O)=C2\C(=O)C(=O)N(CCc3ccc(F)cc3)C2c2c[nH]c3ccccc23)cc1C(C)C. The Hall–Kier alpha value is -4.39. The summed E-state index contributed by atoms with van der Waals surface area (Å²) in [7, 11) is 1.59. The first-order valence-corrected chi connectivity index (χ1v) is 12.6. The second-order valence-electron chi connectivity index (χ2n) is 9.77. The molecular formula is C31H29FN2O4. The summed E-state index contributed by atoms with van der Waals surface area (Å²) in [5.74, 6) is -1.19. The van der Waals surface area contributed by atoms with E-state index in [4.69, 9.17) is 4.74 Å². The monoisotopic (exact) mass is 512 g/mol. The predicted molar refractivity (Wildman–Crippen MR) is 144 cm³/mol. The van der Waals surface area contributed by atoms with Gasteiger partial charge in [0.15, 0.2) is 0 Å². The van der Waals surface area contributed by atoms with Crippen molar-refractivity contribution in [2.24, 2.45) is 0 Å². The first kappa shape index (κ1) is 25.3. The molecule has 1 atom stereocenters. The summed E-state index contributed by atoms with van der Waals surface area (Å²) in [6.45, 7) is 4.25. The molecule has 0 bridgehead atoms. The Balaban J connectivity index is 1.64. The highest BCUT2D eigenvalue weighted by Gasteiger charge is 2.46. The summed E-state index contributed by atoms with van der Waals surface area (Å²) in [4.78, 5) is 31.6. The molecule has 2 N–H and O–H groups in total. The molecule has 2 heterocycles. The highest BCUT2D eigenvalue weighted by molar-refractivity contribution is 6.46. The molecule has 194 valence electrons. The van der Waals surface area contributed by atoms with Crippen molar-refractivity contribution in [2.75, 3.05) is 13.7 Å². The van der Waals surface area contributed by atoms with Crippen LogP contribution in [0.25, 0.3) is 16.7 Å². The molecule has 0 saturated carbocycles. The summed E-state index contributed by atoms with van der Waals surface area (Å²) >= 11 is 0.